The van der Waals surface area contributed by atoms with Crippen molar-refractivity contribution in [2.45, 2.75) is 25.7 Å². The van der Waals surface area contributed by atoms with Gasteiger partial charge in [-0.05, 0) is 43.0 Å². The van der Waals surface area contributed by atoms with E-state index in [1.807, 2.05) is 6.07 Å². The van der Waals surface area contributed by atoms with E-state index < -0.39 is 5.97 Å². The lowest BCUT2D eigenvalue weighted by Gasteiger charge is -2.24. The van der Waals surface area contributed by atoms with Gasteiger partial charge in [-0.15, -0.1) is 0 Å². The molecule has 0 aromatic heterocycles. The molecule has 0 unspecified atom stereocenters. The summed E-state index contributed by atoms with van der Waals surface area (Å²) in [5.74, 6) is -0.871. The summed E-state index contributed by atoms with van der Waals surface area (Å²) in [5, 5.41) is 17.9. The SMILES string of the molecule is N#CCC1(CN2CCc3cc(C(=O)O)ccc32)CC1. The number of aromatic carboxylic acids is 1. The third kappa shape index (κ3) is 2.17. The van der Waals surface area contributed by atoms with Gasteiger partial charge in [-0.2, -0.15) is 5.26 Å². The molecule has 98 valence electrons. The summed E-state index contributed by atoms with van der Waals surface area (Å²) < 4.78 is 0. The lowest BCUT2D eigenvalue weighted by molar-refractivity contribution is 0.0697. The number of rotatable bonds is 4. The fourth-order valence-electron chi connectivity index (χ4n) is 2.91. The molecule has 0 bridgehead atoms. The van der Waals surface area contributed by atoms with Crippen molar-refractivity contribution in [3.8, 4) is 6.07 Å². The number of nitrogens with zero attached hydrogens (tertiary/aromatic N) is 2. The summed E-state index contributed by atoms with van der Waals surface area (Å²) in [5.41, 5.74) is 2.82. The molecule has 19 heavy (non-hydrogen) atoms. The average molecular weight is 256 g/mol. The molecule has 0 atom stereocenters. The Morgan fingerprint density at radius 1 is 1.47 bits per heavy atom. The highest BCUT2D eigenvalue weighted by Gasteiger charge is 2.44. The topological polar surface area (TPSA) is 64.3 Å². The van der Waals surface area contributed by atoms with Crippen molar-refractivity contribution in [1.29, 1.82) is 5.26 Å². The van der Waals surface area contributed by atoms with Gasteiger partial charge in [0, 0.05) is 30.6 Å². The van der Waals surface area contributed by atoms with Crippen LogP contribution in [-0.4, -0.2) is 24.2 Å². The zero-order valence-corrected chi connectivity index (χ0v) is 10.7. The summed E-state index contributed by atoms with van der Waals surface area (Å²) in [6.45, 7) is 1.87. The van der Waals surface area contributed by atoms with Gasteiger partial charge in [-0.1, -0.05) is 0 Å². The monoisotopic (exact) mass is 256 g/mol. The average Bonchev–Trinajstić information content (AvgIpc) is 3.02. The third-order valence-corrected chi connectivity index (χ3v) is 4.26. The molecule has 0 spiro atoms. The molecule has 4 heteroatoms. The summed E-state index contributed by atoms with van der Waals surface area (Å²) >= 11 is 0. The first-order valence-corrected chi connectivity index (χ1v) is 6.62. The Bertz CT molecular complexity index is 570. The van der Waals surface area contributed by atoms with Crippen LogP contribution in [0.25, 0.3) is 0 Å². The number of carboxylic acid groups (broad SMARTS) is 1. The number of nitriles is 1. The van der Waals surface area contributed by atoms with Crippen molar-refractivity contribution in [3.63, 3.8) is 0 Å². The fourth-order valence-corrected chi connectivity index (χ4v) is 2.91. The zero-order valence-electron chi connectivity index (χ0n) is 10.7. The van der Waals surface area contributed by atoms with E-state index in [1.54, 1.807) is 12.1 Å². The molecule has 1 aromatic carbocycles. The minimum atomic E-state index is -0.871. The molecule has 2 aliphatic rings. The van der Waals surface area contributed by atoms with Crippen LogP contribution in [0.4, 0.5) is 5.69 Å². The Morgan fingerprint density at radius 2 is 2.26 bits per heavy atom. The van der Waals surface area contributed by atoms with Crippen molar-refractivity contribution in [2.75, 3.05) is 18.0 Å². The second-order valence-corrected chi connectivity index (χ2v) is 5.66. The van der Waals surface area contributed by atoms with Gasteiger partial charge in [-0.3, -0.25) is 0 Å². The number of carboxylic acids is 1. The Morgan fingerprint density at radius 3 is 2.89 bits per heavy atom. The molecule has 1 aliphatic heterocycles. The minimum Gasteiger partial charge on any atom is -0.478 e. The van der Waals surface area contributed by atoms with E-state index in [4.69, 9.17) is 10.4 Å². The number of fused-ring (bicyclic) bond motifs is 1. The van der Waals surface area contributed by atoms with Crippen molar-refractivity contribution >= 4 is 11.7 Å². The summed E-state index contributed by atoms with van der Waals surface area (Å²) in [4.78, 5) is 13.3. The van der Waals surface area contributed by atoms with E-state index in [0.29, 0.717) is 12.0 Å². The summed E-state index contributed by atoms with van der Waals surface area (Å²) in [6, 6.07) is 7.65. The first-order valence-electron chi connectivity index (χ1n) is 6.62. The van der Waals surface area contributed by atoms with E-state index in [0.717, 1.165) is 43.6 Å². The fraction of sp³-hybridized carbons (Fsp3) is 0.467. The number of carbonyl (C=O) groups is 1. The molecule has 0 amide bonds. The highest BCUT2D eigenvalue weighted by atomic mass is 16.4. The highest BCUT2D eigenvalue weighted by Crippen LogP contribution is 2.50. The van der Waals surface area contributed by atoms with Gasteiger partial charge < -0.3 is 10.0 Å². The Hall–Kier alpha value is -2.02. The van der Waals surface area contributed by atoms with Crippen LogP contribution >= 0.6 is 0 Å². The quantitative estimate of drug-likeness (QED) is 0.898. The van der Waals surface area contributed by atoms with Crippen LogP contribution in [0.1, 0.15) is 35.2 Å². The van der Waals surface area contributed by atoms with Crippen LogP contribution < -0.4 is 4.90 Å². The predicted molar refractivity (Wildman–Crippen MR) is 71.2 cm³/mol. The molecule has 3 rings (SSSR count). The zero-order chi connectivity index (χ0) is 13.5. The maximum Gasteiger partial charge on any atom is 0.335 e. The second kappa shape index (κ2) is 4.27. The van der Waals surface area contributed by atoms with Crippen molar-refractivity contribution in [3.05, 3.63) is 29.3 Å². The Labute approximate surface area is 112 Å². The first kappa shape index (κ1) is 12.0. The minimum absolute atomic E-state index is 0.196. The molecule has 1 N–H and O–H groups in total. The molecule has 1 heterocycles. The first-order chi connectivity index (χ1) is 9.13. The van der Waals surface area contributed by atoms with Crippen LogP contribution in [0.3, 0.4) is 0 Å². The maximum absolute atomic E-state index is 11.0. The number of hydrogen-bond donors (Lipinski definition) is 1. The molecule has 1 fully saturated rings. The molecule has 4 nitrogen and oxygen atoms in total. The number of hydrogen-bond acceptors (Lipinski definition) is 3. The molecular weight excluding hydrogens is 240 g/mol. The largest absolute Gasteiger partial charge is 0.478 e. The smallest absolute Gasteiger partial charge is 0.335 e. The van der Waals surface area contributed by atoms with Gasteiger partial charge in [-0.25, -0.2) is 4.79 Å². The highest BCUT2D eigenvalue weighted by molar-refractivity contribution is 5.88. The van der Waals surface area contributed by atoms with Crippen molar-refractivity contribution in [1.82, 2.24) is 0 Å². The van der Waals surface area contributed by atoms with E-state index in [2.05, 4.69) is 11.0 Å². The van der Waals surface area contributed by atoms with Gasteiger partial charge in [0.05, 0.1) is 11.6 Å². The Kier molecular flexibility index (Phi) is 2.70. The predicted octanol–water partition coefficient (Wildman–Crippen LogP) is 2.44. The maximum atomic E-state index is 11.0. The van der Waals surface area contributed by atoms with Crippen LogP contribution in [0.5, 0.6) is 0 Å². The van der Waals surface area contributed by atoms with Crippen molar-refractivity contribution < 1.29 is 9.90 Å². The van der Waals surface area contributed by atoms with Crippen LogP contribution in [-0.2, 0) is 6.42 Å². The van der Waals surface area contributed by atoms with E-state index in [9.17, 15) is 4.79 Å². The molecular formula is C15H16N2O2. The Balaban J connectivity index is 1.79. The lowest BCUT2D eigenvalue weighted by Crippen LogP contribution is -2.28. The van der Waals surface area contributed by atoms with Crippen LogP contribution in [0, 0.1) is 16.7 Å². The van der Waals surface area contributed by atoms with Gasteiger partial charge in [0.2, 0.25) is 0 Å². The number of anilines is 1. The standard InChI is InChI=1S/C15H16N2O2/c16-7-6-15(4-5-15)10-17-8-3-11-9-12(14(18)19)1-2-13(11)17/h1-2,9H,3-6,8,10H2,(H,18,19). The molecule has 1 saturated carbocycles. The summed E-state index contributed by atoms with van der Waals surface area (Å²) in [7, 11) is 0. The molecule has 0 saturated heterocycles. The van der Waals surface area contributed by atoms with E-state index >= 15 is 0 Å². The number of benzene rings is 1. The van der Waals surface area contributed by atoms with Gasteiger partial charge in [0.25, 0.3) is 0 Å². The van der Waals surface area contributed by atoms with Gasteiger partial charge in [0.1, 0.15) is 0 Å². The summed E-state index contributed by atoms with van der Waals surface area (Å²) in [6.07, 6.45) is 3.81. The molecule has 0 radical (unpaired) electrons. The molecule has 1 aromatic rings. The van der Waals surface area contributed by atoms with E-state index in [-0.39, 0.29) is 5.41 Å². The second-order valence-electron chi connectivity index (χ2n) is 5.66. The van der Waals surface area contributed by atoms with Crippen LogP contribution in [0.2, 0.25) is 0 Å². The van der Waals surface area contributed by atoms with Gasteiger partial charge in [0.15, 0.2) is 0 Å². The third-order valence-electron chi connectivity index (χ3n) is 4.26. The molecule has 1 aliphatic carbocycles. The van der Waals surface area contributed by atoms with Crippen molar-refractivity contribution in [2.24, 2.45) is 5.41 Å². The van der Waals surface area contributed by atoms with Gasteiger partial charge >= 0.3 is 5.97 Å². The lowest BCUT2D eigenvalue weighted by atomic mass is 10.0. The normalized spacial score (nSPS) is 18.8. The van der Waals surface area contributed by atoms with E-state index in [1.165, 1.54) is 0 Å². The van der Waals surface area contributed by atoms with Crippen LogP contribution in [0.15, 0.2) is 18.2 Å².